The van der Waals surface area contributed by atoms with Gasteiger partial charge in [-0.2, -0.15) is 0 Å². The van der Waals surface area contributed by atoms with E-state index in [1.807, 2.05) is 0 Å². The summed E-state index contributed by atoms with van der Waals surface area (Å²) < 4.78 is 5.21. The first kappa shape index (κ1) is 14.0. The molecule has 1 saturated carbocycles. The van der Waals surface area contributed by atoms with Crippen LogP contribution in [0.5, 0.6) is 0 Å². The van der Waals surface area contributed by atoms with Gasteiger partial charge in [-0.25, -0.2) is 0 Å². The zero-order valence-corrected chi connectivity index (χ0v) is 10.4. The number of nitrogens with two attached hydrogens (primary N) is 1. The lowest BCUT2D eigenvalue weighted by atomic mass is 10.0. The number of carbonyl (C=O) groups excluding carboxylic acids is 2. The highest BCUT2D eigenvalue weighted by Crippen LogP contribution is 2.25. The Balaban J connectivity index is 2.23. The van der Waals surface area contributed by atoms with Crippen LogP contribution in [0.1, 0.15) is 39.0 Å². The molecule has 1 rings (SSSR count). The number of rotatable bonds is 7. The molecule has 0 bridgehead atoms. The highest BCUT2D eigenvalue weighted by molar-refractivity contribution is 5.81. The lowest BCUT2D eigenvalue weighted by Crippen LogP contribution is -2.43. The first-order valence-corrected chi connectivity index (χ1v) is 6.31. The zero-order valence-electron chi connectivity index (χ0n) is 10.4. The normalized spacial score (nSPS) is 23.6. The molecule has 0 aliphatic heterocycles. The molecule has 2 amide bonds. The first-order chi connectivity index (χ1) is 8.15. The predicted molar refractivity (Wildman–Crippen MR) is 64.2 cm³/mol. The van der Waals surface area contributed by atoms with Gasteiger partial charge >= 0.3 is 0 Å². The summed E-state index contributed by atoms with van der Waals surface area (Å²) in [5.74, 6) is -0.687. The molecule has 1 aliphatic rings. The van der Waals surface area contributed by atoms with Crippen molar-refractivity contribution in [1.82, 2.24) is 5.32 Å². The summed E-state index contributed by atoms with van der Waals surface area (Å²) in [6.07, 6.45) is 4.55. The van der Waals surface area contributed by atoms with E-state index in [9.17, 15) is 9.59 Å². The van der Waals surface area contributed by atoms with Crippen molar-refractivity contribution in [2.45, 2.75) is 45.1 Å². The Morgan fingerprint density at radius 3 is 2.82 bits per heavy atom. The van der Waals surface area contributed by atoms with Crippen LogP contribution in [-0.4, -0.2) is 31.1 Å². The van der Waals surface area contributed by atoms with Gasteiger partial charge in [-0.15, -0.1) is 0 Å². The monoisotopic (exact) mass is 242 g/mol. The maximum Gasteiger partial charge on any atom is 0.246 e. The van der Waals surface area contributed by atoms with Crippen molar-refractivity contribution in [1.29, 1.82) is 0 Å². The number of unbranched alkanes of at least 4 members (excludes halogenated alkanes) is 1. The number of amides is 2. The van der Waals surface area contributed by atoms with E-state index >= 15 is 0 Å². The summed E-state index contributed by atoms with van der Waals surface area (Å²) in [6.45, 7) is 2.75. The molecule has 0 aromatic rings. The fraction of sp³-hybridized carbons (Fsp3) is 0.833. The van der Waals surface area contributed by atoms with E-state index in [-0.39, 0.29) is 30.4 Å². The molecule has 0 unspecified atom stereocenters. The number of ether oxygens (including phenoxy) is 1. The molecule has 0 aromatic carbocycles. The summed E-state index contributed by atoms with van der Waals surface area (Å²) in [5, 5.41) is 2.82. The van der Waals surface area contributed by atoms with Gasteiger partial charge < -0.3 is 15.8 Å². The van der Waals surface area contributed by atoms with Crippen LogP contribution in [0.4, 0.5) is 0 Å². The van der Waals surface area contributed by atoms with E-state index in [2.05, 4.69) is 12.2 Å². The Labute approximate surface area is 102 Å². The topological polar surface area (TPSA) is 81.4 Å². The van der Waals surface area contributed by atoms with Crippen molar-refractivity contribution in [2.24, 2.45) is 11.7 Å². The van der Waals surface area contributed by atoms with Gasteiger partial charge in [-0.1, -0.05) is 19.8 Å². The fourth-order valence-corrected chi connectivity index (χ4v) is 2.13. The highest BCUT2D eigenvalue weighted by Gasteiger charge is 2.32. The molecule has 5 nitrogen and oxygen atoms in total. The van der Waals surface area contributed by atoms with Crippen LogP contribution >= 0.6 is 0 Å². The molecule has 5 heteroatoms. The number of hydrogen-bond acceptors (Lipinski definition) is 3. The molecular weight excluding hydrogens is 220 g/mol. The van der Waals surface area contributed by atoms with Crippen molar-refractivity contribution < 1.29 is 14.3 Å². The first-order valence-electron chi connectivity index (χ1n) is 6.31. The number of primary amides is 1. The minimum atomic E-state index is -0.320. The summed E-state index contributed by atoms with van der Waals surface area (Å²) in [6, 6.07) is -0.102. The Hall–Kier alpha value is -1.10. The van der Waals surface area contributed by atoms with Crippen molar-refractivity contribution in [3.8, 4) is 0 Å². The number of carbonyl (C=O) groups is 2. The largest absolute Gasteiger partial charge is 0.372 e. The molecule has 2 atom stereocenters. The Bertz CT molecular complexity index is 268. The molecule has 98 valence electrons. The lowest BCUT2D eigenvalue weighted by Gasteiger charge is -2.18. The predicted octanol–water partition coefficient (Wildman–Crippen LogP) is 0.573. The van der Waals surface area contributed by atoms with Crippen molar-refractivity contribution in [3.05, 3.63) is 0 Å². The van der Waals surface area contributed by atoms with Crippen LogP contribution in [0.2, 0.25) is 0 Å². The van der Waals surface area contributed by atoms with Gasteiger partial charge in [0.1, 0.15) is 6.61 Å². The molecule has 0 saturated heterocycles. The van der Waals surface area contributed by atoms with Crippen LogP contribution in [0, 0.1) is 5.92 Å². The van der Waals surface area contributed by atoms with Crippen LogP contribution in [0.15, 0.2) is 0 Å². The van der Waals surface area contributed by atoms with E-state index in [0.29, 0.717) is 6.61 Å². The average molecular weight is 242 g/mol. The summed E-state index contributed by atoms with van der Waals surface area (Å²) in [4.78, 5) is 22.7. The van der Waals surface area contributed by atoms with E-state index in [0.717, 1.165) is 32.1 Å². The highest BCUT2D eigenvalue weighted by atomic mass is 16.5. The molecule has 0 spiro atoms. The number of hydrogen-bond donors (Lipinski definition) is 2. The fourth-order valence-electron chi connectivity index (χ4n) is 2.13. The molecule has 3 N–H and O–H groups in total. The van der Waals surface area contributed by atoms with Gasteiger partial charge in [0.15, 0.2) is 0 Å². The van der Waals surface area contributed by atoms with Crippen LogP contribution in [0.3, 0.4) is 0 Å². The van der Waals surface area contributed by atoms with E-state index in [4.69, 9.17) is 10.5 Å². The van der Waals surface area contributed by atoms with Gasteiger partial charge in [-0.05, 0) is 19.3 Å². The molecule has 0 radical (unpaired) electrons. The molecule has 1 aliphatic carbocycles. The van der Waals surface area contributed by atoms with Gasteiger partial charge in [0.25, 0.3) is 0 Å². The molecule has 17 heavy (non-hydrogen) atoms. The van der Waals surface area contributed by atoms with Gasteiger partial charge in [0.05, 0.1) is 5.92 Å². The van der Waals surface area contributed by atoms with Gasteiger partial charge in [0.2, 0.25) is 11.8 Å². The average Bonchev–Trinajstić information content (AvgIpc) is 2.72. The van der Waals surface area contributed by atoms with Crippen LogP contribution < -0.4 is 11.1 Å². The maximum atomic E-state index is 11.5. The second-order valence-corrected chi connectivity index (χ2v) is 4.52. The van der Waals surface area contributed by atoms with Crippen molar-refractivity contribution >= 4 is 11.8 Å². The standard InChI is InChI=1S/C12H22N2O3/c1-2-3-7-17-8-11(15)14-10-6-4-5-9(10)12(13)16/h9-10H,2-8H2,1H3,(H2,13,16)(H,14,15)/t9-,10-/m1/s1. The van der Waals surface area contributed by atoms with Crippen molar-refractivity contribution in [2.75, 3.05) is 13.2 Å². The van der Waals surface area contributed by atoms with E-state index < -0.39 is 0 Å². The van der Waals surface area contributed by atoms with Crippen LogP contribution in [0.25, 0.3) is 0 Å². The molecule has 0 heterocycles. The quantitative estimate of drug-likeness (QED) is 0.640. The van der Waals surface area contributed by atoms with Crippen molar-refractivity contribution in [3.63, 3.8) is 0 Å². The second-order valence-electron chi connectivity index (χ2n) is 4.52. The lowest BCUT2D eigenvalue weighted by molar-refractivity contribution is -0.127. The summed E-state index contributed by atoms with van der Waals surface area (Å²) in [7, 11) is 0. The smallest absolute Gasteiger partial charge is 0.246 e. The van der Waals surface area contributed by atoms with E-state index in [1.54, 1.807) is 0 Å². The minimum Gasteiger partial charge on any atom is -0.372 e. The third kappa shape index (κ3) is 4.73. The maximum absolute atomic E-state index is 11.5. The van der Waals surface area contributed by atoms with Gasteiger partial charge in [0, 0.05) is 12.6 Å². The SMILES string of the molecule is CCCCOCC(=O)N[C@@H]1CCC[C@H]1C(N)=O. The Kier molecular flexibility index (Phi) is 5.97. The third-order valence-electron chi connectivity index (χ3n) is 3.10. The Morgan fingerprint density at radius 1 is 1.41 bits per heavy atom. The second kappa shape index (κ2) is 7.27. The minimum absolute atomic E-state index is 0.0714. The zero-order chi connectivity index (χ0) is 12.7. The molecule has 1 fully saturated rings. The summed E-state index contributed by atoms with van der Waals surface area (Å²) >= 11 is 0. The molecule has 0 aromatic heterocycles. The third-order valence-corrected chi connectivity index (χ3v) is 3.10. The number of nitrogens with one attached hydrogen (secondary N) is 1. The Morgan fingerprint density at radius 2 is 2.18 bits per heavy atom. The summed E-state index contributed by atoms with van der Waals surface area (Å²) in [5.41, 5.74) is 5.28. The molecular formula is C12H22N2O3. The van der Waals surface area contributed by atoms with Gasteiger partial charge in [-0.3, -0.25) is 9.59 Å². The van der Waals surface area contributed by atoms with Crippen LogP contribution in [-0.2, 0) is 14.3 Å². The van der Waals surface area contributed by atoms with E-state index in [1.165, 1.54) is 0 Å².